The summed E-state index contributed by atoms with van der Waals surface area (Å²) in [4.78, 5) is 5.05. The molecule has 0 aromatic carbocycles. The van der Waals surface area contributed by atoms with Crippen LogP contribution in [-0.4, -0.2) is 57.8 Å². The molecule has 0 spiro atoms. The Labute approximate surface area is 108 Å². The van der Waals surface area contributed by atoms with Crippen LogP contribution < -0.4 is 0 Å². The number of hydrogen-bond donors (Lipinski definition) is 0. The first-order valence-corrected chi connectivity index (χ1v) is 7.11. The molecular formula is C13H21N5. The van der Waals surface area contributed by atoms with Gasteiger partial charge in [0, 0.05) is 39.1 Å². The molecule has 4 rings (SSSR count). The largest absolute Gasteiger partial charge is 0.314 e. The van der Waals surface area contributed by atoms with Gasteiger partial charge in [-0.1, -0.05) is 0 Å². The van der Waals surface area contributed by atoms with E-state index in [1.807, 2.05) is 0 Å². The zero-order valence-corrected chi connectivity index (χ0v) is 11.0. The molecule has 1 aromatic rings. The molecule has 2 unspecified atom stereocenters. The average molecular weight is 247 g/mol. The molecule has 3 aliphatic heterocycles. The van der Waals surface area contributed by atoms with E-state index < -0.39 is 0 Å². The zero-order chi connectivity index (χ0) is 12.1. The molecular weight excluding hydrogens is 226 g/mol. The van der Waals surface area contributed by atoms with Crippen LogP contribution in [0.1, 0.15) is 18.1 Å². The summed E-state index contributed by atoms with van der Waals surface area (Å²) < 4.78 is 2.33. The lowest BCUT2D eigenvalue weighted by atomic mass is 10.0. The SMILES string of the molecule is CN1CC2CN(Cc3nnc4n3CCC4)CC2C1. The van der Waals surface area contributed by atoms with Crippen LogP contribution in [0.2, 0.25) is 0 Å². The van der Waals surface area contributed by atoms with Crippen molar-refractivity contribution in [1.29, 1.82) is 0 Å². The fourth-order valence-corrected chi connectivity index (χ4v) is 3.98. The predicted octanol–water partition coefficient (Wildman–Crippen LogP) is 0.218. The number of aromatic nitrogens is 3. The average Bonchev–Trinajstić information content (AvgIpc) is 2.99. The van der Waals surface area contributed by atoms with E-state index >= 15 is 0 Å². The van der Waals surface area contributed by atoms with E-state index in [1.165, 1.54) is 44.2 Å². The Balaban J connectivity index is 1.44. The van der Waals surface area contributed by atoms with Crippen LogP contribution in [0.4, 0.5) is 0 Å². The van der Waals surface area contributed by atoms with Gasteiger partial charge in [0.1, 0.15) is 11.6 Å². The summed E-state index contributed by atoms with van der Waals surface area (Å²) in [6, 6.07) is 0. The highest BCUT2D eigenvalue weighted by Crippen LogP contribution is 2.31. The maximum atomic E-state index is 4.37. The van der Waals surface area contributed by atoms with Crippen molar-refractivity contribution in [3.63, 3.8) is 0 Å². The fourth-order valence-electron chi connectivity index (χ4n) is 3.98. The number of likely N-dealkylation sites (tertiary alicyclic amines) is 2. The predicted molar refractivity (Wildman–Crippen MR) is 68.1 cm³/mol. The number of nitrogens with zero attached hydrogens (tertiary/aromatic N) is 5. The second-order valence-electron chi connectivity index (χ2n) is 6.22. The quantitative estimate of drug-likeness (QED) is 0.749. The maximum absolute atomic E-state index is 4.37. The van der Waals surface area contributed by atoms with Gasteiger partial charge in [-0.05, 0) is 25.3 Å². The molecule has 0 radical (unpaired) electrons. The number of fused-ring (bicyclic) bond motifs is 2. The van der Waals surface area contributed by atoms with Crippen molar-refractivity contribution >= 4 is 0 Å². The first kappa shape index (κ1) is 10.9. The van der Waals surface area contributed by atoms with Crippen LogP contribution in [-0.2, 0) is 19.5 Å². The van der Waals surface area contributed by atoms with Crippen molar-refractivity contribution in [3.8, 4) is 0 Å². The summed E-state index contributed by atoms with van der Waals surface area (Å²) in [7, 11) is 2.24. The fraction of sp³-hybridized carbons (Fsp3) is 0.846. The Bertz CT molecular complexity index is 440. The molecule has 18 heavy (non-hydrogen) atoms. The molecule has 2 atom stereocenters. The molecule has 2 fully saturated rings. The monoisotopic (exact) mass is 247 g/mol. The van der Waals surface area contributed by atoms with E-state index in [1.54, 1.807) is 0 Å². The van der Waals surface area contributed by atoms with Gasteiger partial charge in [-0.15, -0.1) is 10.2 Å². The topological polar surface area (TPSA) is 37.2 Å². The highest BCUT2D eigenvalue weighted by Gasteiger charge is 2.38. The first-order valence-electron chi connectivity index (χ1n) is 7.11. The number of rotatable bonds is 2. The van der Waals surface area contributed by atoms with Gasteiger partial charge in [-0.25, -0.2) is 0 Å². The summed E-state index contributed by atoms with van der Waals surface area (Å²) in [6.07, 6.45) is 2.36. The minimum absolute atomic E-state index is 0.885. The van der Waals surface area contributed by atoms with Crippen molar-refractivity contribution in [1.82, 2.24) is 24.6 Å². The molecule has 0 bridgehead atoms. The Morgan fingerprint density at radius 3 is 2.67 bits per heavy atom. The van der Waals surface area contributed by atoms with E-state index in [-0.39, 0.29) is 0 Å². The van der Waals surface area contributed by atoms with Gasteiger partial charge in [0.05, 0.1) is 6.54 Å². The molecule has 3 aliphatic rings. The second kappa shape index (κ2) is 4.03. The van der Waals surface area contributed by atoms with Gasteiger partial charge in [0.25, 0.3) is 0 Å². The van der Waals surface area contributed by atoms with Crippen molar-refractivity contribution in [3.05, 3.63) is 11.6 Å². The van der Waals surface area contributed by atoms with Gasteiger partial charge in [0.15, 0.2) is 0 Å². The summed E-state index contributed by atoms with van der Waals surface area (Å²) in [5, 5.41) is 8.67. The van der Waals surface area contributed by atoms with Gasteiger partial charge in [0.2, 0.25) is 0 Å². The second-order valence-corrected chi connectivity index (χ2v) is 6.22. The Hall–Kier alpha value is -0.940. The van der Waals surface area contributed by atoms with Gasteiger partial charge < -0.3 is 9.47 Å². The lowest BCUT2D eigenvalue weighted by molar-refractivity contribution is 0.264. The standard InChI is InChI=1S/C13H21N5/c1-16-5-10-7-17(8-11(10)6-16)9-13-15-14-12-3-2-4-18(12)13/h10-11H,2-9H2,1H3. The number of aryl methyl sites for hydroxylation is 1. The Kier molecular flexibility index (Phi) is 2.45. The Morgan fingerprint density at radius 2 is 1.89 bits per heavy atom. The highest BCUT2D eigenvalue weighted by atomic mass is 15.3. The smallest absolute Gasteiger partial charge is 0.147 e. The summed E-state index contributed by atoms with van der Waals surface area (Å²) in [5.41, 5.74) is 0. The normalized spacial score (nSPS) is 32.1. The van der Waals surface area contributed by atoms with Gasteiger partial charge in [-0.2, -0.15) is 0 Å². The summed E-state index contributed by atoms with van der Waals surface area (Å²) >= 11 is 0. The van der Waals surface area contributed by atoms with E-state index in [9.17, 15) is 0 Å². The van der Waals surface area contributed by atoms with E-state index in [4.69, 9.17) is 0 Å². The molecule has 0 saturated carbocycles. The molecule has 0 aliphatic carbocycles. The lowest BCUT2D eigenvalue weighted by Gasteiger charge is -2.18. The van der Waals surface area contributed by atoms with E-state index in [0.29, 0.717) is 0 Å². The molecule has 5 nitrogen and oxygen atoms in total. The third kappa shape index (κ3) is 1.68. The zero-order valence-electron chi connectivity index (χ0n) is 11.0. The van der Waals surface area contributed by atoms with Crippen LogP contribution in [0.3, 0.4) is 0 Å². The molecule has 2 saturated heterocycles. The van der Waals surface area contributed by atoms with Crippen LogP contribution in [0.25, 0.3) is 0 Å². The van der Waals surface area contributed by atoms with Crippen molar-refractivity contribution in [2.45, 2.75) is 25.9 Å². The summed E-state index contributed by atoms with van der Waals surface area (Å²) in [6.45, 7) is 7.18. The first-order chi connectivity index (χ1) is 8.79. The minimum Gasteiger partial charge on any atom is -0.314 e. The Morgan fingerprint density at radius 1 is 1.11 bits per heavy atom. The molecule has 98 valence electrons. The third-order valence-corrected chi connectivity index (χ3v) is 4.80. The van der Waals surface area contributed by atoms with Crippen molar-refractivity contribution in [2.24, 2.45) is 11.8 Å². The molecule has 4 heterocycles. The van der Waals surface area contributed by atoms with Crippen LogP contribution in [0, 0.1) is 11.8 Å². The van der Waals surface area contributed by atoms with Crippen LogP contribution >= 0.6 is 0 Å². The van der Waals surface area contributed by atoms with Gasteiger partial charge in [-0.3, -0.25) is 4.90 Å². The molecule has 0 amide bonds. The maximum Gasteiger partial charge on any atom is 0.147 e. The molecule has 1 aromatic heterocycles. The number of hydrogen-bond acceptors (Lipinski definition) is 4. The molecule has 5 heteroatoms. The molecule has 0 N–H and O–H groups in total. The summed E-state index contributed by atoms with van der Waals surface area (Å²) in [5.74, 6) is 4.16. The van der Waals surface area contributed by atoms with Crippen LogP contribution in [0.5, 0.6) is 0 Å². The minimum atomic E-state index is 0.885. The van der Waals surface area contributed by atoms with Gasteiger partial charge >= 0.3 is 0 Å². The van der Waals surface area contributed by atoms with E-state index in [2.05, 4.69) is 31.6 Å². The van der Waals surface area contributed by atoms with E-state index in [0.717, 1.165) is 31.3 Å². The van der Waals surface area contributed by atoms with Crippen molar-refractivity contribution < 1.29 is 0 Å². The van der Waals surface area contributed by atoms with Crippen molar-refractivity contribution in [2.75, 3.05) is 33.2 Å². The third-order valence-electron chi connectivity index (χ3n) is 4.80. The lowest BCUT2D eigenvalue weighted by Crippen LogP contribution is -2.27. The highest BCUT2D eigenvalue weighted by molar-refractivity contribution is 5.02. The van der Waals surface area contributed by atoms with Crippen LogP contribution in [0.15, 0.2) is 0 Å².